The van der Waals surface area contributed by atoms with Gasteiger partial charge in [0.05, 0.1) is 31.0 Å². The summed E-state index contributed by atoms with van der Waals surface area (Å²) in [4.78, 5) is 17.2. The lowest BCUT2D eigenvalue weighted by atomic mass is 10.2. The number of nitrogens with zero attached hydrogens (tertiary/aromatic N) is 2. The molecule has 27 heavy (non-hydrogen) atoms. The van der Waals surface area contributed by atoms with Crippen molar-refractivity contribution in [3.63, 3.8) is 0 Å². The molecule has 8 heteroatoms. The molecule has 1 aromatic heterocycles. The highest BCUT2D eigenvalue weighted by Crippen LogP contribution is 2.33. The second kappa shape index (κ2) is 8.32. The molecule has 0 aliphatic carbocycles. The van der Waals surface area contributed by atoms with E-state index in [0.29, 0.717) is 29.5 Å². The van der Waals surface area contributed by atoms with Crippen LogP contribution >= 0.6 is 11.3 Å². The molecule has 1 heterocycles. The van der Waals surface area contributed by atoms with Gasteiger partial charge in [-0.3, -0.25) is 4.79 Å². The van der Waals surface area contributed by atoms with Crippen LogP contribution in [0.3, 0.4) is 0 Å². The molecule has 0 aliphatic rings. The third-order valence-corrected chi connectivity index (χ3v) is 5.02. The fourth-order valence-corrected chi connectivity index (χ4v) is 3.72. The van der Waals surface area contributed by atoms with Crippen molar-refractivity contribution < 1.29 is 23.4 Å². The molecule has 3 aromatic rings. The van der Waals surface area contributed by atoms with Crippen LogP contribution in [0.4, 0.5) is 4.39 Å². The lowest BCUT2D eigenvalue weighted by molar-refractivity contribution is 0.0997. The minimum absolute atomic E-state index is 0.195. The number of amides is 1. The van der Waals surface area contributed by atoms with Crippen LogP contribution < -0.4 is 14.3 Å². The molecule has 6 nitrogen and oxygen atoms in total. The van der Waals surface area contributed by atoms with Crippen molar-refractivity contribution in [2.75, 3.05) is 27.9 Å². The van der Waals surface area contributed by atoms with Crippen molar-refractivity contribution in [2.45, 2.75) is 6.54 Å². The van der Waals surface area contributed by atoms with E-state index in [4.69, 9.17) is 14.2 Å². The highest BCUT2D eigenvalue weighted by molar-refractivity contribution is 7.16. The first kappa shape index (κ1) is 19.1. The van der Waals surface area contributed by atoms with E-state index in [0.717, 1.165) is 10.2 Å². The molecule has 0 aliphatic heterocycles. The van der Waals surface area contributed by atoms with Crippen molar-refractivity contribution in [3.05, 3.63) is 52.6 Å². The summed E-state index contributed by atoms with van der Waals surface area (Å²) in [6.07, 6.45) is 0. The minimum atomic E-state index is -0.508. The monoisotopic (exact) mass is 390 g/mol. The molecule has 0 saturated heterocycles. The first-order valence-corrected chi connectivity index (χ1v) is 8.98. The summed E-state index contributed by atoms with van der Waals surface area (Å²) in [6, 6.07) is 9.16. The van der Waals surface area contributed by atoms with Crippen LogP contribution in [0.15, 0.2) is 41.4 Å². The predicted molar refractivity (Wildman–Crippen MR) is 101 cm³/mol. The van der Waals surface area contributed by atoms with E-state index in [2.05, 4.69) is 4.99 Å². The summed E-state index contributed by atoms with van der Waals surface area (Å²) in [5, 5.41) is 0. The van der Waals surface area contributed by atoms with E-state index in [9.17, 15) is 9.18 Å². The molecule has 0 spiro atoms. The van der Waals surface area contributed by atoms with Crippen LogP contribution in [0.2, 0.25) is 0 Å². The number of hydrogen-bond donors (Lipinski definition) is 0. The number of methoxy groups -OCH3 is 3. The lowest BCUT2D eigenvalue weighted by Gasteiger charge is -2.09. The van der Waals surface area contributed by atoms with Crippen LogP contribution in [0.5, 0.6) is 11.5 Å². The fraction of sp³-hybridized carbons (Fsp3) is 0.263. The molecule has 3 rings (SSSR count). The number of rotatable bonds is 6. The van der Waals surface area contributed by atoms with Crippen molar-refractivity contribution in [1.29, 1.82) is 0 Å². The largest absolute Gasteiger partial charge is 0.493 e. The van der Waals surface area contributed by atoms with Gasteiger partial charge in [-0.05, 0) is 18.2 Å². The van der Waals surface area contributed by atoms with Crippen molar-refractivity contribution in [3.8, 4) is 11.5 Å². The standard InChI is InChI=1S/C19H19FN2O4S/c1-24-8-7-22-14-10-15(25-2)16(26-3)11-17(14)27-19(22)21-18(23)12-5-4-6-13(20)9-12/h4-6,9-11H,7-8H2,1-3H3. The number of halogens is 1. The number of thiazole rings is 1. The highest BCUT2D eigenvalue weighted by atomic mass is 32.1. The van der Waals surface area contributed by atoms with Crippen LogP contribution in [0.25, 0.3) is 10.2 Å². The molecule has 0 N–H and O–H groups in total. The van der Waals surface area contributed by atoms with Gasteiger partial charge in [0.2, 0.25) is 0 Å². The summed E-state index contributed by atoms with van der Waals surface area (Å²) in [5.74, 6) is 0.186. The maximum Gasteiger partial charge on any atom is 0.279 e. The molecular weight excluding hydrogens is 371 g/mol. The smallest absolute Gasteiger partial charge is 0.279 e. The Hall–Kier alpha value is -2.71. The minimum Gasteiger partial charge on any atom is -0.493 e. The zero-order chi connectivity index (χ0) is 19.4. The number of fused-ring (bicyclic) bond motifs is 1. The summed E-state index contributed by atoms with van der Waals surface area (Å²) < 4.78 is 32.1. The Morgan fingerprint density at radius 3 is 2.56 bits per heavy atom. The van der Waals surface area contributed by atoms with Crippen molar-refractivity contribution in [2.24, 2.45) is 4.99 Å². The number of carbonyl (C=O) groups excluding carboxylic acids is 1. The zero-order valence-electron chi connectivity index (χ0n) is 15.2. The van der Waals surface area contributed by atoms with E-state index in [1.807, 2.05) is 16.7 Å². The molecule has 2 aromatic carbocycles. The zero-order valence-corrected chi connectivity index (χ0v) is 16.0. The number of hydrogen-bond acceptors (Lipinski definition) is 5. The third kappa shape index (κ3) is 4.01. The summed E-state index contributed by atoms with van der Waals surface area (Å²) in [5.41, 5.74) is 1.04. The maximum atomic E-state index is 13.4. The number of benzene rings is 2. The first-order chi connectivity index (χ1) is 13.1. The fourth-order valence-electron chi connectivity index (χ4n) is 2.65. The Morgan fingerprint density at radius 2 is 1.89 bits per heavy atom. The molecule has 0 unspecified atom stereocenters. The van der Waals surface area contributed by atoms with Gasteiger partial charge < -0.3 is 18.8 Å². The molecule has 0 fully saturated rings. The third-order valence-electron chi connectivity index (χ3n) is 3.98. The van der Waals surface area contributed by atoms with E-state index >= 15 is 0 Å². The van der Waals surface area contributed by atoms with Crippen LogP contribution in [-0.2, 0) is 11.3 Å². The van der Waals surface area contributed by atoms with E-state index in [1.54, 1.807) is 21.3 Å². The lowest BCUT2D eigenvalue weighted by Crippen LogP contribution is -2.19. The summed E-state index contributed by atoms with van der Waals surface area (Å²) >= 11 is 1.34. The molecule has 0 saturated carbocycles. The van der Waals surface area contributed by atoms with E-state index < -0.39 is 11.7 Å². The van der Waals surface area contributed by atoms with Crippen LogP contribution in [0, 0.1) is 5.82 Å². The topological polar surface area (TPSA) is 62.1 Å². The van der Waals surface area contributed by atoms with Gasteiger partial charge in [-0.15, -0.1) is 0 Å². The predicted octanol–water partition coefficient (Wildman–Crippen LogP) is 3.25. The quantitative estimate of drug-likeness (QED) is 0.648. The van der Waals surface area contributed by atoms with Crippen LogP contribution in [-0.4, -0.2) is 38.4 Å². The van der Waals surface area contributed by atoms with Crippen LogP contribution in [0.1, 0.15) is 10.4 Å². The maximum absolute atomic E-state index is 13.4. The van der Waals surface area contributed by atoms with Gasteiger partial charge in [0, 0.05) is 31.4 Å². The Morgan fingerprint density at radius 1 is 1.15 bits per heavy atom. The second-order valence-electron chi connectivity index (χ2n) is 5.63. The van der Waals surface area contributed by atoms with Gasteiger partial charge in [0.1, 0.15) is 5.82 Å². The first-order valence-electron chi connectivity index (χ1n) is 8.16. The normalized spacial score (nSPS) is 11.8. The Balaban J connectivity index is 2.16. The molecule has 142 valence electrons. The van der Waals surface area contributed by atoms with Gasteiger partial charge in [-0.25, -0.2) is 4.39 Å². The average Bonchev–Trinajstić information content (AvgIpc) is 3.00. The van der Waals surface area contributed by atoms with Gasteiger partial charge in [0.25, 0.3) is 5.91 Å². The van der Waals surface area contributed by atoms with Crippen molar-refractivity contribution >= 4 is 27.5 Å². The molecule has 1 amide bonds. The SMILES string of the molecule is COCCn1c(=NC(=O)c2cccc(F)c2)sc2cc(OC)c(OC)cc21. The average molecular weight is 390 g/mol. The molecule has 0 bridgehead atoms. The second-order valence-corrected chi connectivity index (χ2v) is 6.64. The molecule has 0 atom stereocenters. The van der Waals surface area contributed by atoms with Gasteiger partial charge >= 0.3 is 0 Å². The van der Waals surface area contributed by atoms with E-state index in [1.165, 1.54) is 35.6 Å². The Kier molecular flexibility index (Phi) is 5.88. The number of ether oxygens (including phenoxy) is 3. The molecular formula is C19H19FN2O4S. The Labute approximate surface area is 159 Å². The van der Waals surface area contributed by atoms with Crippen molar-refractivity contribution in [1.82, 2.24) is 4.57 Å². The number of aromatic nitrogens is 1. The Bertz CT molecular complexity index is 1040. The highest BCUT2D eigenvalue weighted by Gasteiger charge is 2.14. The van der Waals surface area contributed by atoms with E-state index in [-0.39, 0.29) is 5.56 Å². The van der Waals surface area contributed by atoms with Gasteiger partial charge in [0.15, 0.2) is 16.3 Å². The summed E-state index contributed by atoms with van der Waals surface area (Å²) in [7, 11) is 4.73. The van der Waals surface area contributed by atoms with Gasteiger partial charge in [-0.1, -0.05) is 17.4 Å². The molecule has 0 radical (unpaired) electrons. The number of carbonyl (C=O) groups is 1. The summed E-state index contributed by atoms with van der Waals surface area (Å²) in [6.45, 7) is 0.947. The van der Waals surface area contributed by atoms with Gasteiger partial charge in [-0.2, -0.15) is 4.99 Å².